The van der Waals surface area contributed by atoms with Crippen LogP contribution in [0, 0.1) is 0 Å². The molecule has 2 unspecified atom stereocenters. The number of carbonyl (C=O) groups excluding carboxylic acids is 1. The number of halogens is 2. The minimum absolute atomic E-state index is 0. The van der Waals surface area contributed by atoms with E-state index in [1.807, 2.05) is 18.2 Å². The van der Waals surface area contributed by atoms with Crippen LogP contribution in [0.3, 0.4) is 0 Å². The van der Waals surface area contributed by atoms with Crippen molar-refractivity contribution < 1.29 is 4.79 Å². The number of carbonyl (C=O) groups is 1. The molecule has 3 aliphatic rings. The highest BCUT2D eigenvalue weighted by molar-refractivity contribution is 6.30. The van der Waals surface area contributed by atoms with Crippen LogP contribution in [-0.2, 0) is 13.1 Å². The van der Waals surface area contributed by atoms with Gasteiger partial charge in [-0.2, -0.15) is 0 Å². The summed E-state index contributed by atoms with van der Waals surface area (Å²) in [4.78, 5) is 17.7. The van der Waals surface area contributed by atoms with Crippen LogP contribution in [0.2, 0.25) is 5.02 Å². The van der Waals surface area contributed by atoms with Crippen molar-refractivity contribution in [2.24, 2.45) is 0 Å². The van der Waals surface area contributed by atoms with E-state index in [9.17, 15) is 4.79 Å². The van der Waals surface area contributed by atoms with Gasteiger partial charge in [-0.05, 0) is 55.0 Å². The lowest BCUT2D eigenvalue weighted by Gasteiger charge is -2.42. The van der Waals surface area contributed by atoms with Crippen LogP contribution >= 0.6 is 24.0 Å². The Hall–Kier alpha value is -1.55. The molecular weight excluding hydrogens is 379 g/mol. The summed E-state index contributed by atoms with van der Waals surface area (Å²) in [5.74, 6) is 0.192. The van der Waals surface area contributed by atoms with Crippen LogP contribution in [-0.4, -0.2) is 33.8 Å². The predicted octanol–water partition coefficient (Wildman–Crippen LogP) is 4.91. The van der Waals surface area contributed by atoms with Crippen LogP contribution < -0.4 is 0 Å². The minimum Gasteiger partial charge on any atom is -0.331 e. The lowest BCUT2D eigenvalue weighted by Crippen LogP contribution is -2.50. The first-order chi connectivity index (χ1) is 12.7. The van der Waals surface area contributed by atoms with Gasteiger partial charge in [-0.1, -0.05) is 41.9 Å². The maximum Gasteiger partial charge on any atom is 0.254 e. The number of nitrogens with zero attached hydrogens (tertiary/aromatic N) is 2. The highest BCUT2D eigenvalue weighted by Crippen LogP contribution is 2.40. The molecule has 3 aliphatic heterocycles. The molecular formula is C22H24Cl2N2O. The molecule has 1 amide bonds. The van der Waals surface area contributed by atoms with Crippen LogP contribution in [0.1, 0.15) is 47.2 Å². The van der Waals surface area contributed by atoms with Crippen molar-refractivity contribution in [3.8, 4) is 0 Å². The fourth-order valence-corrected chi connectivity index (χ4v) is 5.35. The molecule has 3 heterocycles. The van der Waals surface area contributed by atoms with Gasteiger partial charge >= 0.3 is 0 Å². The third-order valence-electron chi connectivity index (χ3n) is 6.41. The highest BCUT2D eigenvalue weighted by atomic mass is 35.5. The van der Waals surface area contributed by atoms with Crippen molar-refractivity contribution in [1.29, 1.82) is 0 Å². The molecule has 0 N–H and O–H groups in total. The first kappa shape index (κ1) is 18.8. The molecule has 142 valence electrons. The van der Waals surface area contributed by atoms with Crippen LogP contribution in [0.5, 0.6) is 0 Å². The molecule has 2 bridgehead atoms. The van der Waals surface area contributed by atoms with E-state index in [-0.39, 0.29) is 18.3 Å². The molecule has 2 atom stereocenters. The fraction of sp³-hybridized carbons (Fsp3) is 0.409. The monoisotopic (exact) mass is 402 g/mol. The van der Waals surface area contributed by atoms with Gasteiger partial charge in [-0.15, -0.1) is 12.4 Å². The summed E-state index contributed by atoms with van der Waals surface area (Å²) in [6.07, 6.45) is 4.71. The van der Waals surface area contributed by atoms with Crippen LogP contribution in [0.4, 0.5) is 0 Å². The second kappa shape index (κ2) is 7.46. The standard InChI is InChI=1S/C22H23ClN2O.ClH/c23-17-6-9-21-16(10-17)14-25(22(21)26)20-11-18-7-8-19(12-20)24(18)13-15-4-2-1-3-5-15;/h1-6,9-10,18-20H,7-8,11-14H2;1H. The van der Waals surface area contributed by atoms with Crippen LogP contribution in [0.15, 0.2) is 48.5 Å². The first-order valence-electron chi connectivity index (χ1n) is 9.58. The first-order valence-corrected chi connectivity index (χ1v) is 9.96. The SMILES string of the molecule is Cl.O=C1c2ccc(Cl)cc2CN1C1CC2CCC(C1)N2Cc1ccccc1. The van der Waals surface area contributed by atoms with Crippen molar-refractivity contribution >= 4 is 29.9 Å². The second-order valence-electron chi connectivity index (χ2n) is 7.90. The van der Waals surface area contributed by atoms with Gasteiger partial charge < -0.3 is 4.90 Å². The predicted molar refractivity (Wildman–Crippen MR) is 110 cm³/mol. The molecule has 27 heavy (non-hydrogen) atoms. The Morgan fingerprint density at radius 2 is 1.67 bits per heavy atom. The number of fused-ring (bicyclic) bond motifs is 3. The van der Waals surface area contributed by atoms with Gasteiger partial charge in [0.25, 0.3) is 5.91 Å². The van der Waals surface area contributed by atoms with Gasteiger partial charge in [-0.25, -0.2) is 0 Å². The van der Waals surface area contributed by atoms with E-state index < -0.39 is 0 Å². The van der Waals surface area contributed by atoms with Gasteiger partial charge in [0.2, 0.25) is 0 Å². The van der Waals surface area contributed by atoms with E-state index in [1.165, 1.54) is 18.4 Å². The zero-order chi connectivity index (χ0) is 17.7. The van der Waals surface area contributed by atoms with Gasteiger partial charge in [0.1, 0.15) is 0 Å². The average molecular weight is 403 g/mol. The number of hydrogen-bond acceptors (Lipinski definition) is 2. The molecule has 0 saturated carbocycles. The summed E-state index contributed by atoms with van der Waals surface area (Å²) in [7, 11) is 0. The third-order valence-corrected chi connectivity index (χ3v) is 6.64. The number of hydrogen-bond donors (Lipinski definition) is 0. The lowest BCUT2D eigenvalue weighted by atomic mass is 9.95. The molecule has 3 nitrogen and oxygen atoms in total. The molecule has 0 aliphatic carbocycles. The van der Waals surface area contributed by atoms with E-state index in [4.69, 9.17) is 11.6 Å². The van der Waals surface area contributed by atoms with Crippen molar-refractivity contribution in [1.82, 2.24) is 9.80 Å². The Labute approximate surface area is 171 Å². The van der Waals surface area contributed by atoms with E-state index in [1.54, 1.807) is 0 Å². The van der Waals surface area contributed by atoms with E-state index >= 15 is 0 Å². The van der Waals surface area contributed by atoms with Crippen molar-refractivity contribution in [3.05, 3.63) is 70.2 Å². The van der Waals surface area contributed by atoms with Crippen molar-refractivity contribution in [2.45, 2.75) is 56.9 Å². The highest BCUT2D eigenvalue weighted by Gasteiger charge is 2.44. The van der Waals surface area contributed by atoms with Gasteiger partial charge in [-0.3, -0.25) is 9.69 Å². The summed E-state index contributed by atoms with van der Waals surface area (Å²) in [6, 6.07) is 18.0. The summed E-state index contributed by atoms with van der Waals surface area (Å²) in [5, 5.41) is 0.719. The molecule has 0 radical (unpaired) electrons. The number of piperidine rings is 1. The van der Waals surface area contributed by atoms with Gasteiger partial charge in [0.05, 0.1) is 0 Å². The van der Waals surface area contributed by atoms with Crippen LogP contribution in [0.25, 0.3) is 0 Å². The third kappa shape index (κ3) is 3.37. The van der Waals surface area contributed by atoms with Crippen molar-refractivity contribution in [2.75, 3.05) is 0 Å². The maximum absolute atomic E-state index is 12.9. The largest absolute Gasteiger partial charge is 0.331 e. The molecule has 0 aromatic heterocycles. The Bertz CT molecular complexity index is 827. The molecule has 2 saturated heterocycles. The Morgan fingerprint density at radius 3 is 2.37 bits per heavy atom. The van der Waals surface area contributed by atoms with Crippen molar-refractivity contribution in [3.63, 3.8) is 0 Å². The zero-order valence-corrected chi connectivity index (χ0v) is 16.8. The number of rotatable bonds is 3. The molecule has 5 rings (SSSR count). The van der Waals surface area contributed by atoms with E-state index in [2.05, 4.69) is 40.1 Å². The van der Waals surface area contributed by atoms with E-state index in [0.717, 1.165) is 42.1 Å². The second-order valence-corrected chi connectivity index (χ2v) is 8.34. The van der Waals surface area contributed by atoms with Gasteiger partial charge in [0, 0.05) is 41.8 Å². The van der Waals surface area contributed by atoms with Gasteiger partial charge in [0.15, 0.2) is 0 Å². The quantitative estimate of drug-likeness (QED) is 0.727. The molecule has 0 spiro atoms. The maximum atomic E-state index is 12.9. The summed E-state index contributed by atoms with van der Waals surface area (Å²) in [5.41, 5.74) is 3.32. The summed E-state index contributed by atoms with van der Waals surface area (Å²) < 4.78 is 0. The molecule has 2 fully saturated rings. The smallest absolute Gasteiger partial charge is 0.254 e. The number of benzene rings is 2. The van der Waals surface area contributed by atoms with E-state index in [0.29, 0.717) is 18.1 Å². The summed E-state index contributed by atoms with van der Waals surface area (Å²) in [6.45, 7) is 1.75. The number of amides is 1. The topological polar surface area (TPSA) is 23.6 Å². The Balaban J connectivity index is 0.00000180. The normalized spacial score (nSPS) is 26.8. The molecule has 5 heteroatoms. The lowest BCUT2D eigenvalue weighted by molar-refractivity contribution is 0.0417. The summed E-state index contributed by atoms with van der Waals surface area (Å²) >= 11 is 6.12. The Kier molecular flexibility index (Phi) is 5.19. The zero-order valence-electron chi connectivity index (χ0n) is 15.2. The molecule has 2 aromatic carbocycles. The average Bonchev–Trinajstić information content (AvgIpc) is 3.08. The fourth-order valence-electron chi connectivity index (χ4n) is 5.16. The Morgan fingerprint density at radius 1 is 0.963 bits per heavy atom. The minimum atomic E-state index is 0. The molecule has 2 aromatic rings.